The first-order chi connectivity index (χ1) is 9.13. The number of nitrogens with zero attached hydrogens (tertiary/aromatic N) is 4. The first-order valence-corrected chi connectivity index (χ1v) is 7.00. The monoisotopic (exact) mass is 273 g/mol. The van der Waals surface area contributed by atoms with Gasteiger partial charge in [0.1, 0.15) is 5.01 Å². The van der Waals surface area contributed by atoms with Crippen LogP contribution in [0, 0.1) is 0 Å². The van der Waals surface area contributed by atoms with Crippen molar-refractivity contribution in [2.75, 3.05) is 5.73 Å². The van der Waals surface area contributed by atoms with Gasteiger partial charge in [0.2, 0.25) is 4.96 Å². The van der Waals surface area contributed by atoms with Gasteiger partial charge in [0.25, 0.3) is 0 Å². The molecule has 0 saturated carbocycles. The van der Waals surface area contributed by atoms with E-state index >= 15 is 0 Å². The third kappa shape index (κ3) is 2.31. The minimum Gasteiger partial charge on any atom is -0.399 e. The zero-order chi connectivity index (χ0) is 13.4. The highest BCUT2D eigenvalue weighted by molar-refractivity contribution is 7.16. The molecule has 3 rings (SSSR count). The molecule has 0 saturated heterocycles. The second kappa shape index (κ2) is 4.62. The van der Waals surface area contributed by atoms with Gasteiger partial charge in [0.05, 0.1) is 0 Å². The smallest absolute Gasteiger partial charge is 0.234 e. The molecule has 0 amide bonds. The minimum atomic E-state index is 0.409. The number of nitrogens with two attached hydrogens (primary N) is 1. The van der Waals surface area contributed by atoms with Gasteiger partial charge in [0, 0.05) is 18.0 Å². The Bertz CT molecular complexity index is 713. The van der Waals surface area contributed by atoms with Crippen LogP contribution in [0.25, 0.3) is 4.96 Å². The van der Waals surface area contributed by atoms with Crippen molar-refractivity contribution in [3.8, 4) is 0 Å². The molecule has 0 atom stereocenters. The van der Waals surface area contributed by atoms with Crippen LogP contribution in [0.4, 0.5) is 5.69 Å². The average molecular weight is 273 g/mol. The molecule has 2 aromatic heterocycles. The lowest BCUT2D eigenvalue weighted by atomic mass is 10.1. The molecule has 2 N–H and O–H groups in total. The Balaban J connectivity index is 1.96. The minimum absolute atomic E-state index is 0.409. The summed E-state index contributed by atoms with van der Waals surface area (Å²) in [5.41, 5.74) is 7.67. The normalized spacial score (nSPS) is 11.5. The molecular weight excluding hydrogens is 258 g/mol. The summed E-state index contributed by atoms with van der Waals surface area (Å²) in [6, 6.07) is 7.82. The van der Waals surface area contributed by atoms with Gasteiger partial charge in [-0.15, -0.1) is 10.2 Å². The number of aromatic nitrogens is 4. The van der Waals surface area contributed by atoms with E-state index in [0.29, 0.717) is 12.3 Å². The predicted molar refractivity (Wildman–Crippen MR) is 76.4 cm³/mol. The fraction of sp³-hybridized carbons (Fsp3) is 0.308. The van der Waals surface area contributed by atoms with Crippen LogP contribution in [-0.4, -0.2) is 19.8 Å². The Kier molecular flexibility index (Phi) is 2.94. The molecule has 0 aliphatic heterocycles. The van der Waals surface area contributed by atoms with Crippen molar-refractivity contribution in [3.63, 3.8) is 0 Å². The zero-order valence-electron chi connectivity index (χ0n) is 10.9. The largest absolute Gasteiger partial charge is 0.399 e. The fourth-order valence-electron chi connectivity index (χ4n) is 1.90. The second-order valence-electron chi connectivity index (χ2n) is 4.83. The molecule has 6 heteroatoms. The van der Waals surface area contributed by atoms with Crippen LogP contribution in [0.15, 0.2) is 24.3 Å². The van der Waals surface area contributed by atoms with Gasteiger partial charge in [-0.3, -0.25) is 0 Å². The maximum Gasteiger partial charge on any atom is 0.234 e. The lowest BCUT2D eigenvalue weighted by Crippen LogP contribution is -1.99. The van der Waals surface area contributed by atoms with E-state index in [0.717, 1.165) is 27.0 Å². The van der Waals surface area contributed by atoms with Crippen molar-refractivity contribution in [1.82, 2.24) is 19.8 Å². The summed E-state index contributed by atoms with van der Waals surface area (Å²) >= 11 is 1.59. The topological polar surface area (TPSA) is 69.1 Å². The molecule has 0 radical (unpaired) electrons. The third-order valence-corrected chi connectivity index (χ3v) is 4.08. The van der Waals surface area contributed by atoms with Gasteiger partial charge in [-0.05, 0) is 17.7 Å². The summed E-state index contributed by atoms with van der Waals surface area (Å²) in [5, 5.41) is 14.0. The maximum atomic E-state index is 5.79. The van der Waals surface area contributed by atoms with Crippen molar-refractivity contribution in [1.29, 1.82) is 0 Å². The third-order valence-electron chi connectivity index (χ3n) is 2.88. The summed E-state index contributed by atoms with van der Waals surface area (Å²) in [4.78, 5) is 0.850. The Morgan fingerprint density at radius 3 is 2.89 bits per heavy atom. The molecule has 0 aliphatic carbocycles. The molecule has 19 heavy (non-hydrogen) atoms. The van der Waals surface area contributed by atoms with Crippen molar-refractivity contribution in [3.05, 3.63) is 40.7 Å². The van der Waals surface area contributed by atoms with E-state index in [1.807, 2.05) is 28.8 Å². The molecule has 5 nitrogen and oxygen atoms in total. The number of hydrogen-bond acceptors (Lipinski definition) is 5. The molecule has 0 bridgehead atoms. The molecule has 0 spiro atoms. The van der Waals surface area contributed by atoms with Crippen LogP contribution in [0.5, 0.6) is 0 Å². The average Bonchev–Trinajstić information content (AvgIpc) is 2.91. The van der Waals surface area contributed by atoms with Crippen LogP contribution in [0.2, 0.25) is 0 Å². The van der Waals surface area contributed by atoms with Gasteiger partial charge in [-0.2, -0.15) is 9.61 Å². The molecule has 3 aromatic rings. The van der Waals surface area contributed by atoms with Gasteiger partial charge in [-0.25, -0.2) is 0 Å². The summed E-state index contributed by atoms with van der Waals surface area (Å²) in [5.74, 6) is 1.26. The highest BCUT2D eigenvalue weighted by Crippen LogP contribution is 2.22. The molecule has 0 aliphatic rings. The van der Waals surface area contributed by atoms with E-state index in [4.69, 9.17) is 5.73 Å². The number of anilines is 1. The molecular formula is C13H15N5S. The quantitative estimate of drug-likeness (QED) is 0.744. The van der Waals surface area contributed by atoms with Crippen molar-refractivity contribution >= 4 is 22.0 Å². The lowest BCUT2D eigenvalue weighted by Gasteiger charge is -2.00. The van der Waals surface area contributed by atoms with E-state index < -0.39 is 0 Å². The van der Waals surface area contributed by atoms with Crippen LogP contribution in [0.3, 0.4) is 0 Å². The first kappa shape index (κ1) is 12.1. The van der Waals surface area contributed by atoms with Gasteiger partial charge in [-0.1, -0.05) is 37.3 Å². The summed E-state index contributed by atoms with van der Waals surface area (Å²) in [7, 11) is 0. The zero-order valence-corrected chi connectivity index (χ0v) is 11.7. The Morgan fingerprint density at radius 1 is 1.32 bits per heavy atom. The summed E-state index contributed by atoms with van der Waals surface area (Å²) in [6.07, 6.45) is 0.688. The van der Waals surface area contributed by atoms with Crippen molar-refractivity contribution < 1.29 is 0 Å². The highest BCUT2D eigenvalue weighted by atomic mass is 32.1. The summed E-state index contributed by atoms with van der Waals surface area (Å²) < 4.78 is 1.84. The highest BCUT2D eigenvalue weighted by Gasteiger charge is 2.13. The van der Waals surface area contributed by atoms with Crippen molar-refractivity contribution in [2.45, 2.75) is 26.2 Å². The van der Waals surface area contributed by atoms with Gasteiger partial charge < -0.3 is 5.73 Å². The molecule has 0 fully saturated rings. The second-order valence-corrected chi connectivity index (χ2v) is 5.81. The van der Waals surface area contributed by atoms with Crippen molar-refractivity contribution in [2.24, 2.45) is 0 Å². The predicted octanol–water partition coefficient (Wildman–Crippen LogP) is 2.48. The van der Waals surface area contributed by atoms with Gasteiger partial charge in [0.15, 0.2) is 5.82 Å². The van der Waals surface area contributed by atoms with E-state index in [1.54, 1.807) is 11.3 Å². The molecule has 1 aromatic carbocycles. The Hall–Kier alpha value is -1.95. The number of rotatable bonds is 3. The van der Waals surface area contributed by atoms with Crippen LogP contribution in [0.1, 0.15) is 36.2 Å². The fourth-order valence-corrected chi connectivity index (χ4v) is 2.76. The van der Waals surface area contributed by atoms with E-state index in [-0.39, 0.29) is 0 Å². The SMILES string of the molecule is CC(C)c1nn2c(Cc3cccc(N)c3)nnc2s1. The molecule has 2 heterocycles. The molecule has 98 valence electrons. The van der Waals surface area contributed by atoms with Crippen LogP contribution < -0.4 is 5.73 Å². The van der Waals surface area contributed by atoms with E-state index in [9.17, 15) is 0 Å². The maximum absolute atomic E-state index is 5.79. The van der Waals surface area contributed by atoms with E-state index in [2.05, 4.69) is 29.1 Å². The lowest BCUT2D eigenvalue weighted by molar-refractivity contribution is 0.773. The number of nitrogen functional groups attached to an aromatic ring is 1. The van der Waals surface area contributed by atoms with Crippen LogP contribution >= 0.6 is 11.3 Å². The molecule has 0 unspecified atom stereocenters. The Labute approximate surface area is 115 Å². The first-order valence-electron chi connectivity index (χ1n) is 6.19. The number of hydrogen-bond donors (Lipinski definition) is 1. The Morgan fingerprint density at radius 2 is 2.16 bits per heavy atom. The standard InChI is InChI=1S/C13H15N5S/c1-8(2)12-17-18-11(15-16-13(18)19-12)7-9-4-3-5-10(14)6-9/h3-6,8H,7,14H2,1-2H3. The van der Waals surface area contributed by atoms with Crippen LogP contribution in [-0.2, 0) is 6.42 Å². The number of fused-ring (bicyclic) bond motifs is 1. The number of benzene rings is 1. The summed E-state index contributed by atoms with van der Waals surface area (Å²) in [6.45, 7) is 4.26. The van der Waals surface area contributed by atoms with E-state index in [1.165, 1.54) is 0 Å². The van der Waals surface area contributed by atoms with Gasteiger partial charge >= 0.3 is 0 Å².